The Balaban J connectivity index is 2.20. The molecule has 2 bridgehead atoms. The fourth-order valence-corrected chi connectivity index (χ4v) is 3.00. The largest absolute Gasteiger partial charge is 0.382 e. The first-order valence-electron chi connectivity index (χ1n) is 4.84. The van der Waals surface area contributed by atoms with Crippen LogP contribution < -0.4 is 0 Å². The van der Waals surface area contributed by atoms with Crippen molar-refractivity contribution >= 4 is 15.9 Å². The van der Waals surface area contributed by atoms with Gasteiger partial charge >= 0.3 is 4.83 Å². The monoisotopic (exact) mass is 269 g/mol. The molecule has 2 rings (SSSR count). The van der Waals surface area contributed by atoms with Crippen molar-refractivity contribution in [2.75, 3.05) is 7.05 Å². The maximum absolute atomic E-state index is 13.1. The summed E-state index contributed by atoms with van der Waals surface area (Å²) in [6, 6.07) is 0.226. The summed E-state index contributed by atoms with van der Waals surface area (Å²) in [4.78, 5) is -1.05. The van der Waals surface area contributed by atoms with Crippen LogP contribution in [0.25, 0.3) is 0 Å². The second-order valence-electron chi connectivity index (χ2n) is 4.49. The van der Waals surface area contributed by atoms with Gasteiger partial charge in [-0.25, -0.2) is 0 Å². The lowest BCUT2D eigenvalue weighted by Gasteiger charge is -2.43. The van der Waals surface area contributed by atoms with E-state index in [2.05, 4.69) is 20.8 Å². The topological polar surface area (TPSA) is 23.5 Å². The summed E-state index contributed by atoms with van der Waals surface area (Å²) >= 11 is 2.30. The summed E-state index contributed by atoms with van der Waals surface area (Å²) in [6.45, 7) is 0. The van der Waals surface area contributed by atoms with Crippen LogP contribution in [0, 0.1) is 0 Å². The van der Waals surface area contributed by atoms with Crippen molar-refractivity contribution in [3.05, 3.63) is 0 Å². The van der Waals surface area contributed by atoms with Gasteiger partial charge in [0.15, 0.2) is 0 Å². The predicted octanol–water partition coefficient (Wildman–Crippen LogP) is 1.96. The Morgan fingerprint density at radius 3 is 2.14 bits per heavy atom. The van der Waals surface area contributed by atoms with Crippen LogP contribution >= 0.6 is 15.9 Å². The molecule has 14 heavy (non-hydrogen) atoms. The molecule has 2 saturated heterocycles. The van der Waals surface area contributed by atoms with Gasteiger partial charge in [-0.3, -0.25) is 0 Å². The third-order valence-electron chi connectivity index (χ3n) is 3.66. The van der Waals surface area contributed by atoms with Crippen LogP contribution in [0.5, 0.6) is 0 Å². The van der Waals surface area contributed by atoms with Gasteiger partial charge in [-0.05, 0) is 48.7 Å². The lowest BCUT2D eigenvalue weighted by Crippen LogP contribution is -2.56. The Morgan fingerprint density at radius 2 is 1.79 bits per heavy atom. The van der Waals surface area contributed by atoms with Gasteiger partial charge in [0.2, 0.25) is 0 Å². The Morgan fingerprint density at radius 1 is 1.36 bits per heavy atom. The summed E-state index contributed by atoms with van der Waals surface area (Å²) in [5.41, 5.74) is -1.86. The van der Waals surface area contributed by atoms with E-state index in [4.69, 9.17) is 0 Å². The maximum Gasteiger partial charge on any atom is 0.329 e. The molecule has 2 fully saturated rings. The summed E-state index contributed by atoms with van der Waals surface area (Å²) < 4.78 is 26.3. The average molecular weight is 270 g/mol. The van der Waals surface area contributed by atoms with Crippen molar-refractivity contribution in [1.82, 2.24) is 4.90 Å². The Bertz CT molecular complexity index is 229. The van der Waals surface area contributed by atoms with Gasteiger partial charge in [-0.2, -0.15) is 8.78 Å². The molecule has 0 aromatic carbocycles. The van der Waals surface area contributed by atoms with E-state index < -0.39 is 10.4 Å². The van der Waals surface area contributed by atoms with Crippen molar-refractivity contribution < 1.29 is 13.9 Å². The van der Waals surface area contributed by atoms with Gasteiger partial charge in [-0.1, -0.05) is 0 Å². The van der Waals surface area contributed by atoms with Crippen molar-refractivity contribution in [3.8, 4) is 0 Å². The Hall–Kier alpha value is 0.260. The zero-order valence-corrected chi connectivity index (χ0v) is 9.60. The molecule has 5 heteroatoms. The highest BCUT2D eigenvalue weighted by atomic mass is 79.9. The summed E-state index contributed by atoms with van der Waals surface area (Å²) in [5, 5.41) is 9.88. The van der Waals surface area contributed by atoms with Gasteiger partial charge in [0, 0.05) is 12.1 Å². The van der Waals surface area contributed by atoms with Gasteiger partial charge in [0.25, 0.3) is 0 Å². The molecule has 2 nitrogen and oxygen atoms in total. The molecule has 2 unspecified atom stereocenters. The minimum absolute atomic E-state index is 0.113. The lowest BCUT2D eigenvalue weighted by atomic mass is 9.87. The highest BCUT2D eigenvalue weighted by Gasteiger charge is 2.57. The molecular formula is C9H14BrF2NO. The molecule has 0 radical (unpaired) electrons. The number of fused-ring (bicyclic) bond motifs is 2. The van der Waals surface area contributed by atoms with Crippen LogP contribution in [0.2, 0.25) is 0 Å². The molecule has 0 saturated carbocycles. The van der Waals surface area contributed by atoms with Gasteiger partial charge < -0.3 is 10.0 Å². The molecule has 2 heterocycles. The summed E-state index contributed by atoms with van der Waals surface area (Å²) in [6.07, 6.45) is 2.18. The zero-order chi connectivity index (χ0) is 10.6. The third kappa shape index (κ3) is 1.49. The number of rotatable bonds is 1. The predicted molar refractivity (Wildman–Crippen MR) is 52.6 cm³/mol. The fraction of sp³-hybridized carbons (Fsp3) is 1.00. The van der Waals surface area contributed by atoms with E-state index in [9.17, 15) is 13.9 Å². The second-order valence-corrected chi connectivity index (χ2v) is 5.48. The van der Waals surface area contributed by atoms with E-state index in [0.29, 0.717) is 0 Å². The van der Waals surface area contributed by atoms with Gasteiger partial charge in [-0.15, -0.1) is 0 Å². The number of hydrogen-bond acceptors (Lipinski definition) is 2. The van der Waals surface area contributed by atoms with E-state index in [1.165, 1.54) is 0 Å². The lowest BCUT2D eigenvalue weighted by molar-refractivity contribution is -0.155. The van der Waals surface area contributed by atoms with E-state index >= 15 is 0 Å². The molecule has 1 N–H and O–H groups in total. The van der Waals surface area contributed by atoms with Crippen molar-refractivity contribution in [3.63, 3.8) is 0 Å². The number of hydrogen-bond donors (Lipinski definition) is 1. The zero-order valence-electron chi connectivity index (χ0n) is 8.01. The van der Waals surface area contributed by atoms with Crippen LogP contribution in [0.15, 0.2) is 0 Å². The first kappa shape index (κ1) is 10.8. The molecule has 2 atom stereocenters. The van der Waals surface area contributed by atoms with E-state index in [1.807, 2.05) is 7.05 Å². The molecule has 0 aromatic heterocycles. The van der Waals surface area contributed by atoms with E-state index in [0.717, 1.165) is 12.8 Å². The summed E-state index contributed by atoms with van der Waals surface area (Å²) in [7, 11) is 1.95. The van der Waals surface area contributed by atoms with Crippen LogP contribution in [0.1, 0.15) is 25.7 Å². The van der Waals surface area contributed by atoms with E-state index in [-0.39, 0.29) is 24.9 Å². The highest BCUT2D eigenvalue weighted by molar-refractivity contribution is 9.10. The Kier molecular flexibility index (Phi) is 2.40. The van der Waals surface area contributed by atoms with Crippen molar-refractivity contribution in [2.45, 2.75) is 48.2 Å². The molecular weight excluding hydrogens is 256 g/mol. The molecule has 82 valence electrons. The molecule has 2 aliphatic heterocycles. The SMILES string of the molecule is CN1C2CCC1CC(O)(C(F)(F)Br)C2. The molecule has 2 aliphatic rings. The average Bonchev–Trinajstić information content (AvgIpc) is 2.32. The summed E-state index contributed by atoms with van der Waals surface area (Å²) in [5.74, 6) is 0. The number of halogens is 3. The number of aliphatic hydroxyl groups is 1. The Labute approximate surface area is 90.4 Å². The van der Waals surface area contributed by atoms with Crippen molar-refractivity contribution in [2.24, 2.45) is 0 Å². The normalized spacial score (nSPS) is 44.4. The highest BCUT2D eigenvalue weighted by Crippen LogP contribution is 2.48. The number of nitrogens with zero attached hydrogens (tertiary/aromatic N) is 1. The van der Waals surface area contributed by atoms with Crippen LogP contribution in [-0.2, 0) is 0 Å². The van der Waals surface area contributed by atoms with Crippen LogP contribution in [0.4, 0.5) is 8.78 Å². The van der Waals surface area contributed by atoms with Crippen LogP contribution in [-0.4, -0.2) is 39.6 Å². The smallest absolute Gasteiger partial charge is 0.329 e. The molecule has 0 aliphatic carbocycles. The minimum Gasteiger partial charge on any atom is -0.382 e. The molecule has 0 amide bonds. The van der Waals surface area contributed by atoms with Gasteiger partial charge in [0.05, 0.1) is 0 Å². The fourth-order valence-electron chi connectivity index (χ4n) is 2.68. The number of piperidine rings is 1. The molecule has 0 spiro atoms. The molecule has 0 aromatic rings. The minimum atomic E-state index is -3.16. The van der Waals surface area contributed by atoms with E-state index in [1.54, 1.807) is 0 Å². The van der Waals surface area contributed by atoms with Crippen molar-refractivity contribution in [1.29, 1.82) is 0 Å². The second kappa shape index (κ2) is 3.12. The van der Waals surface area contributed by atoms with Gasteiger partial charge in [0.1, 0.15) is 5.60 Å². The first-order valence-corrected chi connectivity index (χ1v) is 5.64. The third-order valence-corrected chi connectivity index (χ3v) is 4.40. The maximum atomic E-state index is 13.1. The first-order chi connectivity index (χ1) is 6.33. The quantitative estimate of drug-likeness (QED) is 0.736. The standard InChI is InChI=1S/C9H14BrF2NO/c1-13-6-2-3-7(13)5-8(14,4-6)9(10,11)12/h6-7,14H,2-5H2,1H3. The van der Waals surface area contributed by atoms with Crippen LogP contribution in [0.3, 0.4) is 0 Å². The number of alkyl halides is 3.